The average Bonchev–Trinajstić information content (AvgIpc) is 3.16. The van der Waals surface area contributed by atoms with Gasteiger partial charge >= 0.3 is 12.1 Å². The topological polar surface area (TPSA) is 72.1 Å². The first-order valence-corrected chi connectivity index (χ1v) is 6.97. The SMILES string of the molecule is Cc1ccc(C(=O)N2CCC(c3noc(C(F)(F)F)n3)C2)cn1. The number of carbonyl (C=O) groups is 1. The van der Waals surface area contributed by atoms with Gasteiger partial charge in [-0.2, -0.15) is 18.2 Å². The predicted molar refractivity (Wildman–Crippen MR) is 71.5 cm³/mol. The lowest BCUT2D eigenvalue weighted by atomic mass is 10.1. The molecule has 2 aromatic heterocycles. The van der Waals surface area contributed by atoms with Gasteiger partial charge in [0, 0.05) is 30.9 Å². The summed E-state index contributed by atoms with van der Waals surface area (Å²) >= 11 is 0. The van der Waals surface area contributed by atoms with Crippen LogP contribution in [0.1, 0.15) is 40.1 Å². The Hall–Kier alpha value is -2.45. The maximum absolute atomic E-state index is 12.5. The molecule has 23 heavy (non-hydrogen) atoms. The molecule has 0 radical (unpaired) electrons. The molecule has 9 heteroatoms. The summed E-state index contributed by atoms with van der Waals surface area (Å²) in [7, 11) is 0. The third-order valence-corrected chi connectivity index (χ3v) is 3.68. The summed E-state index contributed by atoms with van der Waals surface area (Å²) in [5.74, 6) is -1.95. The van der Waals surface area contributed by atoms with Crippen LogP contribution in [0, 0.1) is 6.92 Å². The number of halogens is 3. The van der Waals surface area contributed by atoms with Crippen LogP contribution in [0.3, 0.4) is 0 Å². The Morgan fingerprint density at radius 2 is 2.17 bits per heavy atom. The van der Waals surface area contributed by atoms with Crippen LogP contribution in [-0.2, 0) is 6.18 Å². The van der Waals surface area contributed by atoms with Gasteiger partial charge in [-0.25, -0.2) is 0 Å². The maximum atomic E-state index is 12.5. The van der Waals surface area contributed by atoms with Gasteiger partial charge in [0.2, 0.25) is 0 Å². The highest BCUT2D eigenvalue weighted by atomic mass is 19.4. The van der Waals surface area contributed by atoms with Gasteiger partial charge in [0.25, 0.3) is 5.91 Å². The van der Waals surface area contributed by atoms with Crippen molar-refractivity contribution in [2.45, 2.75) is 25.4 Å². The first-order valence-electron chi connectivity index (χ1n) is 6.97. The average molecular weight is 326 g/mol. The second kappa shape index (κ2) is 5.64. The molecule has 1 atom stereocenters. The van der Waals surface area contributed by atoms with Crippen LogP contribution in [0.4, 0.5) is 13.2 Å². The minimum Gasteiger partial charge on any atom is -0.338 e. The lowest BCUT2D eigenvalue weighted by molar-refractivity contribution is -0.159. The van der Waals surface area contributed by atoms with Gasteiger partial charge in [-0.15, -0.1) is 0 Å². The third kappa shape index (κ3) is 3.17. The van der Waals surface area contributed by atoms with Crippen LogP contribution in [0.5, 0.6) is 0 Å². The molecule has 3 rings (SSSR count). The van der Waals surface area contributed by atoms with E-state index in [9.17, 15) is 18.0 Å². The molecule has 1 unspecified atom stereocenters. The van der Waals surface area contributed by atoms with Gasteiger partial charge in [-0.05, 0) is 25.5 Å². The predicted octanol–water partition coefficient (Wildman–Crippen LogP) is 2.42. The van der Waals surface area contributed by atoms with Crippen LogP contribution in [0.15, 0.2) is 22.9 Å². The summed E-state index contributed by atoms with van der Waals surface area (Å²) in [6.07, 6.45) is -2.68. The lowest BCUT2D eigenvalue weighted by Crippen LogP contribution is -2.28. The number of rotatable bonds is 2. The van der Waals surface area contributed by atoms with E-state index in [0.717, 1.165) is 5.69 Å². The number of hydrogen-bond donors (Lipinski definition) is 0. The standard InChI is InChI=1S/C14H13F3N4O2/c1-8-2-3-9(6-18-8)12(22)21-5-4-10(7-21)11-19-13(23-20-11)14(15,16)17/h2-3,6,10H,4-5,7H2,1H3. The molecule has 122 valence electrons. The van der Waals surface area contributed by atoms with Crippen molar-refractivity contribution in [3.05, 3.63) is 41.3 Å². The Morgan fingerprint density at radius 3 is 2.78 bits per heavy atom. The highest BCUT2D eigenvalue weighted by Gasteiger charge is 2.40. The number of aryl methyl sites for hydroxylation is 1. The largest absolute Gasteiger partial charge is 0.471 e. The second-order valence-corrected chi connectivity index (χ2v) is 5.38. The van der Waals surface area contributed by atoms with Crippen molar-refractivity contribution >= 4 is 5.91 Å². The molecule has 0 aromatic carbocycles. The van der Waals surface area contributed by atoms with Crippen LogP contribution in [0.25, 0.3) is 0 Å². The number of likely N-dealkylation sites (tertiary alicyclic amines) is 1. The van der Waals surface area contributed by atoms with E-state index in [-0.39, 0.29) is 24.2 Å². The number of alkyl halides is 3. The van der Waals surface area contributed by atoms with Gasteiger partial charge in [0.15, 0.2) is 5.82 Å². The fourth-order valence-electron chi connectivity index (χ4n) is 2.45. The molecule has 1 aliphatic heterocycles. The van der Waals surface area contributed by atoms with Crippen LogP contribution in [0.2, 0.25) is 0 Å². The van der Waals surface area contributed by atoms with Gasteiger partial charge in [0.05, 0.1) is 5.56 Å². The molecule has 1 fully saturated rings. The zero-order valence-corrected chi connectivity index (χ0v) is 12.2. The van der Waals surface area contributed by atoms with Crippen molar-refractivity contribution in [1.82, 2.24) is 20.0 Å². The van der Waals surface area contributed by atoms with Crippen LogP contribution < -0.4 is 0 Å². The van der Waals surface area contributed by atoms with Crippen molar-refractivity contribution in [2.24, 2.45) is 0 Å². The van der Waals surface area contributed by atoms with E-state index in [1.165, 1.54) is 6.20 Å². The van der Waals surface area contributed by atoms with Crippen molar-refractivity contribution in [3.63, 3.8) is 0 Å². The fourth-order valence-corrected chi connectivity index (χ4v) is 2.45. The number of nitrogens with zero attached hydrogens (tertiary/aromatic N) is 4. The zero-order valence-electron chi connectivity index (χ0n) is 12.2. The molecule has 1 amide bonds. The van der Waals surface area contributed by atoms with E-state index in [2.05, 4.69) is 19.6 Å². The Morgan fingerprint density at radius 1 is 1.39 bits per heavy atom. The van der Waals surface area contributed by atoms with Gasteiger partial charge in [-0.3, -0.25) is 9.78 Å². The molecule has 3 heterocycles. The van der Waals surface area contributed by atoms with E-state index >= 15 is 0 Å². The summed E-state index contributed by atoms with van der Waals surface area (Å²) < 4.78 is 41.7. The van der Waals surface area contributed by atoms with Crippen LogP contribution >= 0.6 is 0 Å². The monoisotopic (exact) mass is 326 g/mol. The zero-order chi connectivity index (χ0) is 16.6. The molecule has 2 aromatic rings. The summed E-state index contributed by atoms with van der Waals surface area (Å²) in [6, 6.07) is 3.41. The van der Waals surface area contributed by atoms with E-state index in [1.807, 2.05) is 6.92 Å². The molecule has 0 bridgehead atoms. The van der Waals surface area contributed by atoms with Gasteiger partial charge < -0.3 is 9.42 Å². The van der Waals surface area contributed by atoms with Crippen molar-refractivity contribution in [1.29, 1.82) is 0 Å². The minimum absolute atomic E-state index is 0.0188. The quantitative estimate of drug-likeness (QED) is 0.847. The third-order valence-electron chi connectivity index (χ3n) is 3.68. The highest BCUT2D eigenvalue weighted by molar-refractivity contribution is 5.94. The van der Waals surface area contributed by atoms with E-state index in [0.29, 0.717) is 18.5 Å². The maximum Gasteiger partial charge on any atom is 0.471 e. The van der Waals surface area contributed by atoms with Crippen molar-refractivity contribution in [3.8, 4) is 0 Å². The Kier molecular flexibility index (Phi) is 3.78. The number of pyridine rings is 1. The van der Waals surface area contributed by atoms with Gasteiger partial charge in [-0.1, -0.05) is 5.16 Å². The molecule has 0 spiro atoms. The van der Waals surface area contributed by atoms with E-state index in [4.69, 9.17) is 0 Å². The number of amides is 1. The molecular formula is C14H13F3N4O2. The molecule has 1 aliphatic rings. The fraction of sp³-hybridized carbons (Fsp3) is 0.429. The molecule has 0 N–H and O–H groups in total. The first kappa shape index (κ1) is 15.4. The number of carbonyl (C=O) groups excluding carboxylic acids is 1. The smallest absolute Gasteiger partial charge is 0.338 e. The summed E-state index contributed by atoms with van der Waals surface area (Å²) in [5, 5.41) is 3.39. The Balaban J connectivity index is 1.69. The minimum atomic E-state index is -4.66. The Bertz CT molecular complexity index is 712. The highest BCUT2D eigenvalue weighted by Crippen LogP contribution is 2.31. The Labute approximate surface area is 129 Å². The lowest BCUT2D eigenvalue weighted by Gasteiger charge is -2.15. The van der Waals surface area contributed by atoms with Gasteiger partial charge in [0.1, 0.15) is 0 Å². The first-order chi connectivity index (χ1) is 10.8. The number of aromatic nitrogens is 3. The second-order valence-electron chi connectivity index (χ2n) is 5.38. The van der Waals surface area contributed by atoms with Crippen molar-refractivity contribution < 1.29 is 22.5 Å². The van der Waals surface area contributed by atoms with E-state index in [1.54, 1.807) is 17.0 Å². The normalized spacial score (nSPS) is 18.4. The summed E-state index contributed by atoms with van der Waals surface area (Å²) in [4.78, 5) is 21.4. The molecule has 1 saturated heterocycles. The van der Waals surface area contributed by atoms with Crippen LogP contribution in [-0.4, -0.2) is 39.0 Å². The summed E-state index contributed by atoms with van der Waals surface area (Å²) in [6.45, 7) is 2.49. The number of hydrogen-bond acceptors (Lipinski definition) is 5. The molecule has 6 nitrogen and oxygen atoms in total. The van der Waals surface area contributed by atoms with Crippen molar-refractivity contribution in [2.75, 3.05) is 13.1 Å². The molecule has 0 aliphatic carbocycles. The molecular weight excluding hydrogens is 313 g/mol. The summed E-state index contributed by atoms with van der Waals surface area (Å²) in [5.41, 5.74) is 1.24. The molecule has 0 saturated carbocycles. The van der Waals surface area contributed by atoms with E-state index < -0.39 is 12.1 Å².